The first-order valence-corrected chi connectivity index (χ1v) is 16.7. The van der Waals surface area contributed by atoms with E-state index < -0.39 is 97.2 Å². The van der Waals surface area contributed by atoms with E-state index in [1.807, 2.05) is 26.0 Å². The van der Waals surface area contributed by atoms with Crippen LogP contribution in [0.2, 0.25) is 0 Å². The van der Waals surface area contributed by atoms with Gasteiger partial charge in [0.15, 0.2) is 12.6 Å². The predicted molar refractivity (Wildman–Crippen MR) is 171 cm³/mol. The maximum Gasteiger partial charge on any atom is 0.336 e. The van der Waals surface area contributed by atoms with Gasteiger partial charge in [0.2, 0.25) is 0 Å². The first-order valence-electron chi connectivity index (χ1n) is 16.7. The Balaban J connectivity index is 1.20. The first-order chi connectivity index (χ1) is 23.1. The Bertz CT molecular complexity index is 1560. The van der Waals surface area contributed by atoms with Gasteiger partial charge < -0.3 is 63.8 Å². The van der Waals surface area contributed by atoms with Gasteiger partial charge in [-0.05, 0) is 54.2 Å². The highest BCUT2D eigenvalue weighted by Gasteiger charge is 2.61. The zero-order valence-corrected chi connectivity index (χ0v) is 27.9. The van der Waals surface area contributed by atoms with Crippen molar-refractivity contribution >= 4 is 11.0 Å². The number of rotatable bonds is 9. The number of fused-ring (bicyclic) bond motifs is 2. The van der Waals surface area contributed by atoms with Gasteiger partial charge in [0.25, 0.3) is 0 Å². The third kappa shape index (κ3) is 6.46. The Labute approximate surface area is 283 Å². The first kappa shape index (κ1) is 36.3. The Morgan fingerprint density at radius 3 is 2.43 bits per heavy atom. The maximum absolute atomic E-state index is 11.8. The third-order valence-electron chi connectivity index (χ3n) is 11.5. The van der Waals surface area contributed by atoms with Crippen LogP contribution < -0.4 is 10.4 Å². The van der Waals surface area contributed by atoms with Crippen LogP contribution in [0.4, 0.5) is 0 Å². The van der Waals surface area contributed by atoms with E-state index in [4.69, 9.17) is 28.1 Å². The molecule has 4 fully saturated rings. The normalized spacial score (nSPS) is 42.2. The van der Waals surface area contributed by atoms with Crippen LogP contribution in [0.25, 0.3) is 11.0 Å². The zero-order chi connectivity index (χ0) is 35.5. The van der Waals surface area contributed by atoms with Crippen molar-refractivity contribution < 1.29 is 63.8 Å². The van der Waals surface area contributed by atoms with Crippen molar-refractivity contribution in [3.8, 4) is 5.75 Å². The zero-order valence-electron chi connectivity index (χ0n) is 27.9. The summed E-state index contributed by atoms with van der Waals surface area (Å²) in [6, 6.07) is 8.34. The molecule has 7 N–H and O–H groups in total. The minimum atomic E-state index is -1.98. The van der Waals surface area contributed by atoms with E-state index in [-0.39, 0.29) is 18.4 Å². The van der Waals surface area contributed by atoms with Crippen molar-refractivity contribution in [2.24, 2.45) is 22.7 Å². The molecule has 0 bridgehead atoms. The van der Waals surface area contributed by atoms with Gasteiger partial charge in [0.1, 0.15) is 47.5 Å². The van der Waals surface area contributed by atoms with Gasteiger partial charge in [0, 0.05) is 23.4 Å². The molecule has 2 saturated heterocycles. The van der Waals surface area contributed by atoms with Crippen molar-refractivity contribution in [2.45, 2.75) is 101 Å². The van der Waals surface area contributed by atoms with Gasteiger partial charge in [-0.25, -0.2) is 4.79 Å². The van der Waals surface area contributed by atoms with Gasteiger partial charge in [-0.2, -0.15) is 0 Å². The van der Waals surface area contributed by atoms with E-state index in [0.717, 1.165) is 11.0 Å². The summed E-state index contributed by atoms with van der Waals surface area (Å²) in [5.74, 6) is 0.0632. The Kier molecular flexibility index (Phi) is 10.1. The number of ether oxygens (including phenoxy) is 5. The van der Waals surface area contributed by atoms with Crippen LogP contribution in [0, 0.1) is 22.7 Å². The summed E-state index contributed by atoms with van der Waals surface area (Å²) in [6.07, 6.45) is -10.3. The largest absolute Gasteiger partial charge is 0.493 e. The molecule has 0 radical (unpaired) electrons. The second-order valence-corrected chi connectivity index (χ2v) is 14.9. The molecular formula is C35H48O14. The fraction of sp³-hybridized carbons (Fsp3) is 0.686. The highest BCUT2D eigenvalue weighted by Crippen LogP contribution is 2.61. The molecule has 49 heavy (non-hydrogen) atoms. The summed E-state index contributed by atoms with van der Waals surface area (Å²) in [4.78, 5) is 11.8. The van der Waals surface area contributed by atoms with Gasteiger partial charge in [-0.15, -0.1) is 0 Å². The van der Waals surface area contributed by atoms with Gasteiger partial charge >= 0.3 is 5.63 Å². The van der Waals surface area contributed by atoms with Crippen LogP contribution in [-0.4, -0.2) is 123 Å². The van der Waals surface area contributed by atoms with E-state index in [0.29, 0.717) is 30.6 Å². The standard InChI is InChI=1S/C35H48O14/c1-17-11-22(47-31-27(41)26(40)28(23(13-36)48-31)49-32-30(42)35(43,15-37)16-45-32)29-33(2,3)24(38)9-10-34(29,4)20(17)14-44-19-7-5-18-6-8-25(39)46-21(18)12-19/h5-8,12,20,22-24,26-32,36-38,40-43H,1,9-11,13-16H2,2-4H3. The molecule has 2 aromatic rings. The van der Waals surface area contributed by atoms with Crippen LogP contribution >= 0.6 is 0 Å². The molecule has 4 aliphatic rings. The van der Waals surface area contributed by atoms with Gasteiger partial charge in [0.05, 0.1) is 38.6 Å². The summed E-state index contributed by atoms with van der Waals surface area (Å²) in [6.45, 7) is 8.85. The van der Waals surface area contributed by atoms with E-state index in [9.17, 15) is 40.5 Å². The summed E-state index contributed by atoms with van der Waals surface area (Å²) >= 11 is 0. The summed E-state index contributed by atoms with van der Waals surface area (Å²) < 4.78 is 35.1. The van der Waals surface area contributed by atoms with Crippen LogP contribution in [0.1, 0.15) is 40.0 Å². The monoisotopic (exact) mass is 692 g/mol. The van der Waals surface area contributed by atoms with Crippen molar-refractivity contribution in [3.63, 3.8) is 0 Å². The van der Waals surface area contributed by atoms with E-state index >= 15 is 0 Å². The molecule has 2 aliphatic heterocycles. The lowest BCUT2D eigenvalue weighted by Crippen LogP contribution is -2.65. The average molecular weight is 693 g/mol. The Morgan fingerprint density at radius 2 is 1.73 bits per heavy atom. The van der Waals surface area contributed by atoms with Crippen LogP contribution in [0.15, 0.2) is 51.7 Å². The van der Waals surface area contributed by atoms with Crippen molar-refractivity contribution in [1.82, 2.24) is 0 Å². The molecule has 2 saturated carbocycles. The van der Waals surface area contributed by atoms with E-state index in [2.05, 4.69) is 13.5 Å². The molecule has 1 aromatic heterocycles. The lowest BCUT2D eigenvalue weighted by atomic mass is 9.46. The van der Waals surface area contributed by atoms with Gasteiger partial charge in [-0.3, -0.25) is 0 Å². The maximum atomic E-state index is 11.8. The second kappa shape index (κ2) is 13.6. The fourth-order valence-electron chi connectivity index (χ4n) is 8.63. The highest BCUT2D eigenvalue weighted by molar-refractivity contribution is 5.77. The molecule has 14 heteroatoms. The summed E-state index contributed by atoms with van der Waals surface area (Å²) in [7, 11) is 0. The summed E-state index contributed by atoms with van der Waals surface area (Å²) in [5, 5.41) is 74.8. The number of aliphatic hydroxyl groups is 7. The minimum absolute atomic E-state index is 0.163. The fourth-order valence-corrected chi connectivity index (χ4v) is 8.63. The molecule has 2 aliphatic carbocycles. The number of aliphatic hydroxyl groups excluding tert-OH is 6. The number of hydrogen-bond donors (Lipinski definition) is 7. The van der Waals surface area contributed by atoms with Crippen molar-refractivity contribution in [2.75, 3.05) is 26.4 Å². The van der Waals surface area contributed by atoms with Gasteiger partial charge in [-0.1, -0.05) is 32.9 Å². The van der Waals surface area contributed by atoms with Crippen LogP contribution in [-0.2, 0) is 18.9 Å². The Morgan fingerprint density at radius 1 is 1.00 bits per heavy atom. The molecule has 14 nitrogen and oxygen atoms in total. The quantitative estimate of drug-likeness (QED) is 0.138. The lowest BCUT2D eigenvalue weighted by Gasteiger charge is -2.61. The molecule has 0 amide bonds. The smallest absolute Gasteiger partial charge is 0.336 e. The number of hydrogen-bond acceptors (Lipinski definition) is 14. The Hall–Kier alpha value is -2.47. The molecule has 272 valence electrons. The molecule has 6 rings (SSSR count). The van der Waals surface area contributed by atoms with Crippen molar-refractivity contribution in [1.29, 1.82) is 0 Å². The topological polar surface area (TPSA) is 218 Å². The van der Waals surface area contributed by atoms with Crippen molar-refractivity contribution in [3.05, 3.63) is 52.9 Å². The lowest BCUT2D eigenvalue weighted by molar-refractivity contribution is -0.346. The van der Waals surface area contributed by atoms with Crippen LogP contribution in [0.3, 0.4) is 0 Å². The summed E-state index contributed by atoms with van der Waals surface area (Å²) in [5.41, 5.74) is -2.35. The minimum Gasteiger partial charge on any atom is -0.493 e. The molecule has 13 unspecified atom stereocenters. The number of benzene rings is 1. The molecule has 13 atom stereocenters. The molecule has 1 aromatic carbocycles. The molecular weight excluding hydrogens is 644 g/mol. The molecule has 0 spiro atoms. The van der Waals surface area contributed by atoms with E-state index in [1.54, 1.807) is 12.1 Å². The average Bonchev–Trinajstić information content (AvgIpc) is 3.34. The highest BCUT2D eigenvalue weighted by atomic mass is 16.7. The van der Waals surface area contributed by atoms with Crippen LogP contribution in [0.5, 0.6) is 5.75 Å². The van der Waals surface area contributed by atoms with E-state index in [1.165, 1.54) is 6.07 Å². The predicted octanol–water partition coefficient (Wildman–Crippen LogP) is 0.201. The third-order valence-corrected chi connectivity index (χ3v) is 11.5. The molecule has 3 heterocycles. The SMILES string of the molecule is C=C1CC(OC2OC(CO)C(OC3OCC(O)(CO)C3O)C(O)C2O)C2C(C)(C)C(O)CCC2(C)C1COc1ccc2ccc(=O)oc2c1. The second-order valence-electron chi connectivity index (χ2n) is 14.9.